The van der Waals surface area contributed by atoms with Crippen LogP contribution in [0, 0.1) is 0 Å². The number of benzene rings is 11. The van der Waals surface area contributed by atoms with E-state index in [1.165, 1.54) is 0 Å². The van der Waals surface area contributed by atoms with Crippen LogP contribution in [-0.2, 0) is 0 Å². The molecule has 17 rings (SSSR count). The van der Waals surface area contributed by atoms with Gasteiger partial charge in [0.25, 0.3) is 0 Å². The molecule has 0 spiro atoms. The minimum Gasteiger partial charge on any atom is -0.309 e. The van der Waals surface area contributed by atoms with Gasteiger partial charge in [-0.05, 0) is 78.9 Å². The lowest BCUT2D eigenvalue weighted by molar-refractivity contribution is 1.07. The third-order valence-corrected chi connectivity index (χ3v) is 16.7. The van der Waals surface area contributed by atoms with Crippen molar-refractivity contribution in [2.75, 3.05) is 0 Å². The molecule has 12 nitrogen and oxygen atoms in total. The zero-order valence-corrected chi connectivity index (χ0v) is 49.2. The highest BCUT2D eigenvalue weighted by molar-refractivity contribution is 6.12. The van der Waals surface area contributed by atoms with Crippen molar-refractivity contribution in [2.24, 2.45) is 0 Å². The van der Waals surface area contributed by atoms with Gasteiger partial charge in [-0.15, -0.1) is 0 Å². The Morgan fingerprint density at radius 1 is 0.196 bits per heavy atom. The summed E-state index contributed by atoms with van der Waals surface area (Å²) in [4.78, 5) is 51.7. The molecule has 0 unspecified atom stereocenters. The fraction of sp³-hybridized carbons (Fsp3) is 0. The summed E-state index contributed by atoms with van der Waals surface area (Å²) in [6.45, 7) is 0. The molecule has 0 atom stereocenters. The van der Waals surface area contributed by atoms with Crippen LogP contribution < -0.4 is 0 Å². The van der Waals surface area contributed by atoms with E-state index in [4.69, 9.17) is 49.8 Å². The van der Waals surface area contributed by atoms with Crippen molar-refractivity contribution in [2.45, 2.75) is 0 Å². The first-order valence-corrected chi connectivity index (χ1v) is 30.4. The lowest BCUT2D eigenvalue weighted by Gasteiger charge is -2.19. The first-order chi connectivity index (χ1) is 45.6. The van der Waals surface area contributed by atoms with Crippen molar-refractivity contribution < 1.29 is 0 Å². The van der Waals surface area contributed by atoms with E-state index >= 15 is 0 Å². The summed E-state index contributed by atoms with van der Waals surface area (Å²) in [5.74, 6) is 5.19. The van der Waals surface area contributed by atoms with E-state index < -0.39 is 0 Å². The Morgan fingerprint density at radius 3 is 0.837 bits per heavy atom. The van der Waals surface area contributed by atoms with Crippen molar-refractivity contribution in [1.29, 1.82) is 0 Å². The fourth-order valence-corrected chi connectivity index (χ4v) is 12.4. The molecule has 0 fully saturated rings. The Labute approximate surface area is 528 Å². The Bertz CT molecular complexity index is 5450. The summed E-state index contributed by atoms with van der Waals surface area (Å²) in [6, 6.07) is 101. The van der Waals surface area contributed by atoms with E-state index in [1.54, 1.807) is 0 Å². The summed E-state index contributed by atoms with van der Waals surface area (Å²) in [5.41, 5.74) is 15.2. The maximum absolute atomic E-state index is 5.44. The number of para-hydroxylation sites is 2. The molecule has 6 heterocycles. The molecule has 17 aromatic rings. The number of hydrogen-bond acceptors (Lipinski definition) is 10. The van der Waals surface area contributed by atoms with Crippen LogP contribution in [0.3, 0.4) is 0 Å². The minimum absolute atomic E-state index is 0.519. The first kappa shape index (κ1) is 53.4. The van der Waals surface area contributed by atoms with Crippen molar-refractivity contribution in [3.8, 4) is 125 Å². The standard InChI is InChI=1S/C80H50N12/c1-7-24-51(25-8-1)72-82-73(52-26-9-2-10-27-52)86-78(85-72)57-41-44-67-62(48-57)60-36-19-21-38-65(60)91(67)69-46-43-59(80-89-76(55-32-15-5-16-33-55)84-77(90-80)56-34-17-6-18-35-56)50-64(69)71-70(40-23-47-81-71)92-66-39-22-20-37-61(66)63-49-58(42-45-68(63)92)79-87-74(53-28-11-3-12-29-53)83-75(88-79)54-30-13-4-14-31-54/h1-50H. The van der Waals surface area contributed by atoms with Gasteiger partial charge >= 0.3 is 0 Å². The third-order valence-electron chi connectivity index (χ3n) is 16.7. The van der Waals surface area contributed by atoms with Crippen molar-refractivity contribution >= 4 is 43.6 Å². The van der Waals surface area contributed by atoms with Gasteiger partial charge in [-0.25, -0.2) is 44.9 Å². The SMILES string of the molecule is c1ccc(-c2nc(-c3ccccc3)nc(-c3ccc(-n4c5ccccc5c5cc(-c6nc(-c7ccccc7)nc(-c7ccccc7)n6)ccc54)c(-c4ncccc4-n4c5ccccc5c5cc(-c6nc(-c7ccccc7)nc(-c7ccccc7)n6)ccc54)c3)n2)cc1. The maximum Gasteiger partial charge on any atom is 0.164 e. The molecule has 0 radical (unpaired) electrons. The quantitative estimate of drug-likeness (QED) is 0.116. The molecule has 0 saturated carbocycles. The van der Waals surface area contributed by atoms with Gasteiger partial charge in [0.15, 0.2) is 52.4 Å². The minimum atomic E-state index is 0.519. The van der Waals surface area contributed by atoms with Crippen LogP contribution in [0.4, 0.5) is 0 Å². The fourth-order valence-electron chi connectivity index (χ4n) is 12.4. The highest BCUT2D eigenvalue weighted by Crippen LogP contribution is 2.43. The van der Waals surface area contributed by atoms with Crippen molar-refractivity contribution in [3.05, 3.63) is 303 Å². The van der Waals surface area contributed by atoms with Crippen LogP contribution in [-0.4, -0.2) is 59.0 Å². The average Bonchev–Trinajstić information content (AvgIpc) is 1.62. The molecule has 0 saturated heterocycles. The van der Waals surface area contributed by atoms with E-state index in [-0.39, 0.29) is 0 Å². The summed E-state index contributed by atoms with van der Waals surface area (Å²) in [7, 11) is 0. The van der Waals surface area contributed by atoms with Crippen molar-refractivity contribution in [1.82, 2.24) is 59.0 Å². The average molecular weight is 1180 g/mol. The monoisotopic (exact) mass is 1180 g/mol. The second kappa shape index (κ2) is 22.7. The third kappa shape index (κ3) is 9.68. The molecule has 0 N–H and O–H groups in total. The van der Waals surface area contributed by atoms with Gasteiger partial charge in [-0.3, -0.25) is 4.98 Å². The lowest BCUT2D eigenvalue weighted by atomic mass is 10.0. The molecular formula is C80H50N12. The highest BCUT2D eigenvalue weighted by Gasteiger charge is 2.25. The molecule has 430 valence electrons. The second-order valence-electron chi connectivity index (χ2n) is 22.4. The van der Waals surface area contributed by atoms with Crippen LogP contribution in [0.2, 0.25) is 0 Å². The summed E-state index contributed by atoms with van der Waals surface area (Å²) in [6.07, 6.45) is 1.88. The van der Waals surface area contributed by atoms with Crippen molar-refractivity contribution in [3.63, 3.8) is 0 Å². The molecule has 11 aromatic carbocycles. The predicted molar refractivity (Wildman–Crippen MR) is 367 cm³/mol. The molecule has 6 aromatic heterocycles. The van der Waals surface area contributed by atoms with E-state index in [1.807, 2.05) is 194 Å². The van der Waals surface area contributed by atoms with Crippen LogP contribution in [0.15, 0.2) is 303 Å². The molecule has 0 amide bonds. The Morgan fingerprint density at radius 2 is 0.478 bits per heavy atom. The first-order valence-electron chi connectivity index (χ1n) is 30.4. The molecular weight excluding hydrogens is 1130 g/mol. The van der Waals surface area contributed by atoms with Crippen LogP contribution in [0.5, 0.6) is 0 Å². The Hall–Kier alpha value is -12.8. The lowest BCUT2D eigenvalue weighted by Crippen LogP contribution is -2.04. The molecule has 0 aliphatic heterocycles. The molecule has 92 heavy (non-hydrogen) atoms. The summed E-state index contributed by atoms with van der Waals surface area (Å²) < 4.78 is 4.68. The molecule has 0 bridgehead atoms. The molecule has 12 heteroatoms. The predicted octanol–water partition coefficient (Wildman–Crippen LogP) is 18.5. The van der Waals surface area contributed by atoms with Gasteiger partial charge < -0.3 is 9.13 Å². The highest BCUT2D eigenvalue weighted by atomic mass is 15.1. The largest absolute Gasteiger partial charge is 0.309 e. The van der Waals surface area contributed by atoms with Gasteiger partial charge in [-0.1, -0.05) is 218 Å². The topological polar surface area (TPSA) is 139 Å². The number of fused-ring (bicyclic) bond motifs is 6. The smallest absolute Gasteiger partial charge is 0.164 e. The second-order valence-corrected chi connectivity index (χ2v) is 22.4. The number of hydrogen-bond donors (Lipinski definition) is 0. The van der Waals surface area contributed by atoms with E-state index in [0.717, 1.165) is 116 Å². The van der Waals surface area contributed by atoms with Crippen LogP contribution in [0.25, 0.3) is 169 Å². The zero-order chi connectivity index (χ0) is 60.9. The van der Waals surface area contributed by atoms with E-state index in [2.05, 4.69) is 118 Å². The maximum atomic E-state index is 5.44. The van der Waals surface area contributed by atoms with Gasteiger partial charge in [0, 0.05) is 83.4 Å². The van der Waals surface area contributed by atoms with E-state index in [9.17, 15) is 0 Å². The van der Waals surface area contributed by atoms with Crippen LogP contribution in [0.1, 0.15) is 0 Å². The summed E-state index contributed by atoms with van der Waals surface area (Å²) >= 11 is 0. The van der Waals surface area contributed by atoms with Gasteiger partial charge in [0.05, 0.1) is 39.1 Å². The number of rotatable bonds is 12. The zero-order valence-electron chi connectivity index (χ0n) is 49.2. The van der Waals surface area contributed by atoms with E-state index in [0.29, 0.717) is 52.4 Å². The van der Waals surface area contributed by atoms with Crippen LogP contribution >= 0.6 is 0 Å². The number of nitrogens with zero attached hydrogens (tertiary/aromatic N) is 12. The number of pyridine rings is 1. The summed E-state index contributed by atoms with van der Waals surface area (Å²) in [5, 5.41) is 4.17. The van der Waals surface area contributed by atoms with Gasteiger partial charge in [0.1, 0.15) is 0 Å². The Balaban J connectivity index is 0.883. The molecule has 0 aliphatic rings. The molecule has 0 aliphatic carbocycles. The van der Waals surface area contributed by atoms with Gasteiger partial charge in [-0.2, -0.15) is 0 Å². The normalized spacial score (nSPS) is 11.5. The Kier molecular flexibility index (Phi) is 13.2. The van der Waals surface area contributed by atoms with Gasteiger partial charge in [0.2, 0.25) is 0 Å². The number of aromatic nitrogens is 12.